The second-order valence-electron chi connectivity index (χ2n) is 8.72. The normalized spacial score (nSPS) is 20.1. The summed E-state index contributed by atoms with van der Waals surface area (Å²) in [6.45, 7) is 5.96. The van der Waals surface area contributed by atoms with Gasteiger partial charge in [0, 0.05) is 23.4 Å². The van der Waals surface area contributed by atoms with E-state index in [1.165, 1.54) is 0 Å². The first kappa shape index (κ1) is 23.7. The van der Waals surface area contributed by atoms with Gasteiger partial charge in [0.05, 0.1) is 32.3 Å². The first-order valence-corrected chi connectivity index (χ1v) is 11.6. The SMILES string of the molecule is CCCOC(=O)C1=C(C)NC2=C(C(=O)C[C@H](c3ccc(OC)c(OC)c3)C2)[C@@H]1c1ccc(C)o1. The number of carbonyl (C=O) groups is 2. The van der Waals surface area contributed by atoms with Crippen LogP contribution in [-0.2, 0) is 14.3 Å². The number of hydrogen-bond donors (Lipinski definition) is 1. The molecule has 2 aromatic rings. The van der Waals surface area contributed by atoms with Crippen molar-refractivity contribution in [3.63, 3.8) is 0 Å². The zero-order valence-corrected chi connectivity index (χ0v) is 20.3. The van der Waals surface area contributed by atoms with Crippen molar-refractivity contribution in [3.05, 3.63) is 70.0 Å². The van der Waals surface area contributed by atoms with Gasteiger partial charge in [-0.2, -0.15) is 0 Å². The predicted molar refractivity (Wildman–Crippen MR) is 127 cm³/mol. The molecular weight excluding hydrogens is 434 g/mol. The molecule has 7 heteroatoms. The average molecular weight is 466 g/mol. The molecule has 34 heavy (non-hydrogen) atoms. The van der Waals surface area contributed by atoms with Crippen molar-refractivity contribution in [2.75, 3.05) is 20.8 Å². The number of aryl methyl sites for hydroxylation is 1. The van der Waals surface area contributed by atoms with E-state index >= 15 is 0 Å². The Kier molecular flexibility index (Phi) is 6.82. The maximum atomic E-state index is 13.6. The highest BCUT2D eigenvalue weighted by Gasteiger charge is 2.42. The maximum Gasteiger partial charge on any atom is 0.336 e. The molecule has 0 amide bonds. The third kappa shape index (κ3) is 4.34. The molecule has 0 unspecified atom stereocenters. The number of hydrogen-bond acceptors (Lipinski definition) is 7. The molecule has 0 saturated carbocycles. The summed E-state index contributed by atoms with van der Waals surface area (Å²) >= 11 is 0. The second kappa shape index (κ2) is 9.79. The van der Waals surface area contributed by atoms with Crippen molar-refractivity contribution in [2.45, 2.75) is 51.9 Å². The number of carbonyl (C=O) groups excluding carboxylic acids is 2. The fourth-order valence-electron chi connectivity index (χ4n) is 4.82. The van der Waals surface area contributed by atoms with Crippen LogP contribution in [0.5, 0.6) is 11.5 Å². The largest absolute Gasteiger partial charge is 0.493 e. The minimum Gasteiger partial charge on any atom is -0.493 e. The zero-order chi connectivity index (χ0) is 24.4. The molecule has 7 nitrogen and oxygen atoms in total. The number of dihydropyridines is 1. The molecule has 1 aliphatic heterocycles. The summed E-state index contributed by atoms with van der Waals surface area (Å²) in [5.41, 5.74) is 3.51. The predicted octanol–water partition coefficient (Wildman–Crippen LogP) is 4.92. The fraction of sp³-hybridized carbons (Fsp3) is 0.407. The first-order chi connectivity index (χ1) is 16.4. The molecule has 0 saturated heterocycles. The number of nitrogens with one attached hydrogen (secondary N) is 1. The van der Waals surface area contributed by atoms with Gasteiger partial charge in [0.15, 0.2) is 17.3 Å². The van der Waals surface area contributed by atoms with E-state index in [1.54, 1.807) is 14.2 Å². The lowest BCUT2D eigenvalue weighted by Crippen LogP contribution is -2.36. The summed E-state index contributed by atoms with van der Waals surface area (Å²) in [7, 11) is 3.19. The van der Waals surface area contributed by atoms with Gasteiger partial charge in [-0.3, -0.25) is 4.79 Å². The van der Waals surface area contributed by atoms with E-state index in [2.05, 4.69) is 5.32 Å². The molecule has 1 N–H and O–H groups in total. The number of esters is 1. The highest BCUT2D eigenvalue weighted by Crippen LogP contribution is 2.46. The number of Topliss-reactive ketones (excluding diaryl/α,β-unsaturated/α-hetero) is 1. The number of methoxy groups -OCH3 is 2. The van der Waals surface area contributed by atoms with Crippen molar-refractivity contribution in [1.82, 2.24) is 5.32 Å². The zero-order valence-electron chi connectivity index (χ0n) is 20.3. The van der Waals surface area contributed by atoms with E-state index in [4.69, 9.17) is 18.6 Å². The van der Waals surface area contributed by atoms with Crippen LogP contribution in [0.15, 0.2) is 57.3 Å². The van der Waals surface area contributed by atoms with Crippen LogP contribution in [0.2, 0.25) is 0 Å². The first-order valence-electron chi connectivity index (χ1n) is 11.6. The molecular formula is C27H31NO6. The van der Waals surface area contributed by atoms with Gasteiger partial charge < -0.3 is 23.9 Å². The van der Waals surface area contributed by atoms with Gasteiger partial charge in [-0.15, -0.1) is 0 Å². The van der Waals surface area contributed by atoms with E-state index in [1.807, 2.05) is 51.1 Å². The average Bonchev–Trinajstić information content (AvgIpc) is 3.26. The Bertz CT molecular complexity index is 1170. The summed E-state index contributed by atoms with van der Waals surface area (Å²) in [4.78, 5) is 26.6. The summed E-state index contributed by atoms with van der Waals surface area (Å²) in [5.74, 6) is 1.52. The molecule has 0 spiro atoms. The van der Waals surface area contributed by atoms with Crippen LogP contribution in [0.3, 0.4) is 0 Å². The van der Waals surface area contributed by atoms with Crippen LogP contribution in [0.4, 0.5) is 0 Å². The van der Waals surface area contributed by atoms with E-state index < -0.39 is 11.9 Å². The molecule has 0 fully saturated rings. The summed E-state index contributed by atoms with van der Waals surface area (Å²) in [5, 5.41) is 3.35. The molecule has 0 bridgehead atoms. The van der Waals surface area contributed by atoms with Crippen molar-refractivity contribution < 1.29 is 28.2 Å². The summed E-state index contributed by atoms with van der Waals surface area (Å²) in [6.07, 6.45) is 1.67. The number of allylic oxidation sites excluding steroid dienone is 3. The van der Waals surface area contributed by atoms with Gasteiger partial charge in [-0.25, -0.2) is 4.79 Å². The van der Waals surface area contributed by atoms with E-state index in [0.717, 1.165) is 23.4 Å². The van der Waals surface area contributed by atoms with E-state index in [-0.39, 0.29) is 11.7 Å². The van der Waals surface area contributed by atoms with Gasteiger partial charge in [0.1, 0.15) is 11.5 Å². The Hall–Kier alpha value is -3.48. The van der Waals surface area contributed by atoms with Crippen LogP contribution < -0.4 is 14.8 Å². The van der Waals surface area contributed by atoms with Crippen LogP contribution >= 0.6 is 0 Å². The van der Waals surface area contributed by atoms with E-state index in [9.17, 15) is 9.59 Å². The van der Waals surface area contributed by atoms with Gasteiger partial charge in [-0.1, -0.05) is 13.0 Å². The molecule has 1 aromatic carbocycles. The third-order valence-electron chi connectivity index (χ3n) is 6.41. The molecule has 2 aliphatic rings. The van der Waals surface area contributed by atoms with Crippen LogP contribution in [0.25, 0.3) is 0 Å². The Morgan fingerprint density at radius 2 is 1.85 bits per heavy atom. The van der Waals surface area contributed by atoms with Gasteiger partial charge in [0.25, 0.3) is 0 Å². The number of ether oxygens (including phenoxy) is 3. The quantitative estimate of drug-likeness (QED) is 0.581. The molecule has 1 aromatic heterocycles. The second-order valence-corrected chi connectivity index (χ2v) is 8.72. The minimum absolute atomic E-state index is 0.0131. The molecule has 180 valence electrons. The maximum absolute atomic E-state index is 13.6. The topological polar surface area (TPSA) is 87.0 Å². The molecule has 0 radical (unpaired) electrons. The Morgan fingerprint density at radius 3 is 2.50 bits per heavy atom. The number of benzene rings is 1. The third-order valence-corrected chi connectivity index (χ3v) is 6.41. The van der Waals surface area contributed by atoms with Crippen molar-refractivity contribution in [2.24, 2.45) is 0 Å². The van der Waals surface area contributed by atoms with Crippen molar-refractivity contribution >= 4 is 11.8 Å². The molecule has 4 rings (SSSR count). The smallest absolute Gasteiger partial charge is 0.336 e. The Balaban J connectivity index is 1.74. The lowest BCUT2D eigenvalue weighted by atomic mass is 9.73. The highest BCUT2D eigenvalue weighted by atomic mass is 16.5. The summed E-state index contributed by atoms with van der Waals surface area (Å²) in [6, 6.07) is 9.44. The Labute approximate surface area is 199 Å². The standard InChI is InChI=1S/C27H31NO6/c1-6-11-33-27(30)24-16(3)28-19-12-18(17-8-10-21(31-4)23(14-17)32-5)13-20(29)25(19)26(24)22-9-7-15(2)34-22/h7-10,14,18,26,28H,6,11-13H2,1-5H3/t18-,26-/m1/s1. The van der Waals surface area contributed by atoms with Crippen LogP contribution in [0.1, 0.15) is 62.0 Å². The van der Waals surface area contributed by atoms with Gasteiger partial charge in [0.2, 0.25) is 0 Å². The molecule has 2 heterocycles. The van der Waals surface area contributed by atoms with Crippen molar-refractivity contribution in [1.29, 1.82) is 0 Å². The van der Waals surface area contributed by atoms with Gasteiger partial charge >= 0.3 is 5.97 Å². The van der Waals surface area contributed by atoms with E-state index in [0.29, 0.717) is 53.6 Å². The highest BCUT2D eigenvalue weighted by molar-refractivity contribution is 6.04. The monoisotopic (exact) mass is 465 g/mol. The number of furan rings is 1. The molecule has 1 aliphatic carbocycles. The van der Waals surface area contributed by atoms with Crippen LogP contribution in [0, 0.1) is 6.92 Å². The lowest BCUT2D eigenvalue weighted by molar-refractivity contribution is -0.139. The Morgan fingerprint density at radius 1 is 1.09 bits per heavy atom. The van der Waals surface area contributed by atoms with Crippen molar-refractivity contribution in [3.8, 4) is 11.5 Å². The molecule has 2 atom stereocenters. The van der Waals surface area contributed by atoms with Crippen LogP contribution in [-0.4, -0.2) is 32.6 Å². The van der Waals surface area contributed by atoms with Gasteiger partial charge in [-0.05, 0) is 62.4 Å². The summed E-state index contributed by atoms with van der Waals surface area (Å²) < 4.78 is 22.2. The number of rotatable bonds is 7. The minimum atomic E-state index is -0.590. The number of ketones is 1. The lowest BCUT2D eigenvalue weighted by Gasteiger charge is -2.35. The fourth-order valence-corrected chi connectivity index (χ4v) is 4.82.